The number of hydrogen-bond donors (Lipinski definition) is 0. The first kappa shape index (κ1) is 18.1. The predicted molar refractivity (Wildman–Crippen MR) is 108 cm³/mol. The Bertz CT molecular complexity index is 727. The number of ether oxygens (including phenoxy) is 1. The minimum Gasteiger partial charge on any atom is -0.449 e. The molecule has 4 heteroatoms. The van der Waals surface area contributed by atoms with Crippen LogP contribution in [0.1, 0.15) is 24.8 Å². The summed E-state index contributed by atoms with van der Waals surface area (Å²) in [4.78, 5) is 17.4. The van der Waals surface area contributed by atoms with Crippen LogP contribution in [0, 0.1) is 5.92 Å². The average Bonchev–Trinajstić information content (AvgIpc) is 2.74. The molecule has 1 atom stereocenters. The molecule has 0 aromatic heterocycles. The number of amides is 1. The number of benzene rings is 2. The van der Waals surface area contributed by atoms with Crippen molar-refractivity contribution in [1.82, 2.24) is 4.90 Å². The van der Waals surface area contributed by atoms with Crippen LogP contribution in [-0.4, -0.2) is 43.3 Å². The van der Waals surface area contributed by atoms with E-state index in [0.717, 1.165) is 38.2 Å². The number of hydrogen-bond acceptors (Lipinski definition) is 3. The molecule has 27 heavy (non-hydrogen) atoms. The maximum absolute atomic E-state index is 13.0. The van der Waals surface area contributed by atoms with Crippen molar-refractivity contribution < 1.29 is 9.53 Å². The maximum atomic E-state index is 13.0. The number of fused-ring (bicyclic) bond motifs is 3. The first-order valence-electron chi connectivity index (χ1n) is 10.1. The Labute approximate surface area is 161 Å². The highest BCUT2D eigenvalue weighted by Gasteiger charge is 2.40. The van der Waals surface area contributed by atoms with E-state index in [2.05, 4.69) is 17.0 Å². The number of rotatable bonds is 6. The van der Waals surface area contributed by atoms with Crippen LogP contribution in [0.5, 0.6) is 0 Å². The van der Waals surface area contributed by atoms with Crippen LogP contribution in [0.2, 0.25) is 0 Å². The van der Waals surface area contributed by atoms with Gasteiger partial charge in [0.15, 0.2) is 0 Å². The molecule has 3 heterocycles. The molecule has 1 amide bonds. The fourth-order valence-electron chi connectivity index (χ4n) is 4.40. The monoisotopic (exact) mass is 364 g/mol. The second kappa shape index (κ2) is 8.57. The lowest BCUT2D eigenvalue weighted by Gasteiger charge is -2.48. The molecule has 2 aromatic rings. The number of nitrogens with zero attached hydrogens (tertiary/aromatic N) is 2. The Hall–Kier alpha value is -2.33. The van der Waals surface area contributed by atoms with Crippen LogP contribution in [0.4, 0.5) is 10.5 Å². The van der Waals surface area contributed by atoms with Gasteiger partial charge in [0.1, 0.15) is 0 Å². The fraction of sp³-hybridized carbons (Fsp3) is 0.435. The highest BCUT2D eigenvalue weighted by molar-refractivity contribution is 5.88. The third kappa shape index (κ3) is 4.33. The van der Waals surface area contributed by atoms with Gasteiger partial charge in [0, 0.05) is 12.2 Å². The van der Waals surface area contributed by atoms with Gasteiger partial charge in [-0.25, -0.2) is 4.79 Å². The number of anilines is 1. The number of piperidine rings is 3. The Morgan fingerprint density at radius 2 is 1.67 bits per heavy atom. The van der Waals surface area contributed by atoms with Crippen molar-refractivity contribution in [2.45, 2.75) is 31.7 Å². The predicted octanol–water partition coefficient (Wildman–Crippen LogP) is 4.36. The summed E-state index contributed by atoms with van der Waals surface area (Å²) in [6.45, 7) is 3.74. The van der Waals surface area contributed by atoms with Gasteiger partial charge >= 0.3 is 6.09 Å². The summed E-state index contributed by atoms with van der Waals surface area (Å²) < 4.78 is 5.71. The molecule has 3 saturated heterocycles. The molecule has 3 fully saturated rings. The van der Waals surface area contributed by atoms with Gasteiger partial charge in [-0.05, 0) is 62.4 Å². The van der Waals surface area contributed by atoms with Crippen molar-refractivity contribution in [3.05, 3.63) is 66.2 Å². The van der Waals surface area contributed by atoms with E-state index in [4.69, 9.17) is 4.74 Å². The van der Waals surface area contributed by atoms with Crippen LogP contribution < -0.4 is 4.90 Å². The molecular formula is C23H28N2O2. The summed E-state index contributed by atoms with van der Waals surface area (Å²) in [6.07, 6.45) is 3.93. The number of para-hydroxylation sites is 1. The van der Waals surface area contributed by atoms with E-state index in [9.17, 15) is 4.79 Å². The SMILES string of the molecule is O=C(OCCCc1ccccc1)N(c1ccccc1)C1CN2CCC1CC2. The topological polar surface area (TPSA) is 32.8 Å². The zero-order valence-corrected chi connectivity index (χ0v) is 15.8. The molecule has 2 aromatic carbocycles. The highest BCUT2D eigenvalue weighted by Crippen LogP contribution is 2.33. The van der Waals surface area contributed by atoms with E-state index in [0.29, 0.717) is 12.5 Å². The van der Waals surface area contributed by atoms with E-state index >= 15 is 0 Å². The highest BCUT2D eigenvalue weighted by atomic mass is 16.6. The van der Waals surface area contributed by atoms with Gasteiger partial charge in [-0.2, -0.15) is 0 Å². The standard InChI is InChI=1S/C23H28N2O2/c26-23(27-17-7-10-19-8-3-1-4-9-19)25(21-11-5-2-6-12-21)22-18-24-15-13-20(22)14-16-24/h1-6,8-9,11-12,20,22H,7,10,13-18H2. The zero-order valence-electron chi connectivity index (χ0n) is 15.8. The number of aryl methyl sites for hydroxylation is 1. The molecule has 0 radical (unpaired) electrons. The van der Waals surface area contributed by atoms with Crippen LogP contribution in [-0.2, 0) is 11.2 Å². The second-order valence-corrected chi connectivity index (χ2v) is 7.61. The lowest BCUT2D eigenvalue weighted by molar-refractivity contribution is 0.0788. The molecule has 1 unspecified atom stereocenters. The molecule has 3 aliphatic heterocycles. The van der Waals surface area contributed by atoms with E-state index in [-0.39, 0.29) is 12.1 Å². The average molecular weight is 364 g/mol. The van der Waals surface area contributed by atoms with Gasteiger partial charge in [0.05, 0.1) is 12.6 Å². The molecule has 5 rings (SSSR count). The minimum absolute atomic E-state index is 0.201. The third-order valence-corrected chi connectivity index (χ3v) is 5.86. The zero-order chi connectivity index (χ0) is 18.5. The van der Waals surface area contributed by atoms with Crippen LogP contribution >= 0.6 is 0 Å². The van der Waals surface area contributed by atoms with Gasteiger partial charge in [-0.15, -0.1) is 0 Å². The van der Waals surface area contributed by atoms with Gasteiger partial charge in [0.2, 0.25) is 0 Å². The molecule has 2 bridgehead atoms. The molecular weight excluding hydrogens is 336 g/mol. The Balaban J connectivity index is 1.40. The van der Waals surface area contributed by atoms with Crippen molar-refractivity contribution in [1.29, 1.82) is 0 Å². The summed E-state index contributed by atoms with van der Waals surface area (Å²) in [5.74, 6) is 0.576. The van der Waals surface area contributed by atoms with Gasteiger partial charge in [-0.1, -0.05) is 48.5 Å². The summed E-state index contributed by atoms with van der Waals surface area (Å²) in [7, 11) is 0. The van der Waals surface area contributed by atoms with Crippen LogP contribution in [0.25, 0.3) is 0 Å². The molecule has 142 valence electrons. The van der Waals surface area contributed by atoms with E-state index in [1.54, 1.807) is 0 Å². The van der Waals surface area contributed by atoms with Gasteiger partial charge in [-0.3, -0.25) is 4.90 Å². The normalized spacial score (nSPS) is 23.8. The maximum Gasteiger partial charge on any atom is 0.414 e. The third-order valence-electron chi connectivity index (χ3n) is 5.86. The summed E-state index contributed by atoms with van der Waals surface area (Å²) in [6, 6.07) is 20.6. The molecule has 0 N–H and O–H groups in total. The summed E-state index contributed by atoms with van der Waals surface area (Å²) in [5, 5.41) is 0. The first-order chi connectivity index (χ1) is 13.3. The molecule has 0 saturated carbocycles. The van der Waals surface area contributed by atoms with Gasteiger partial charge in [0.25, 0.3) is 0 Å². The quantitative estimate of drug-likeness (QED) is 0.714. The molecule has 4 nitrogen and oxygen atoms in total. The Morgan fingerprint density at radius 1 is 1.00 bits per heavy atom. The summed E-state index contributed by atoms with van der Waals surface area (Å²) >= 11 is 0. The van der Waals surface area contributed by atoms with E-state index in [1.807, 2.05) is 53.4 Å². The van der Waals surface area contributed by atoms with E-state index < -0.39 is 0 Å². The minimum atomic E-state index is -0.201. The Morgan fingerprint density at radius 3 is 2.30 bits per heavy atom. The molecule has 0 aliphatic carbocycles. The van der Waals surface area contributed by atoms with Crippen molar-refractivity contribution in [2.75, 3.05) is 31.1 Å². The summed E-state index contributed by atoms with van der Waals surface area (Å²) in [5.41, 5.74) is 2.23. The van der Waals surface area contributed by atoms with Gasteiger partial charge < -0.3 is 9.64 Å². The second-order valence-electron chi connectivity index (χ2n) is 7.61. The first-order valence-corrected chi connectivity index (χ1v) is 10.1. The van der Waals surface area contributed by atoms with Crippen LogP contribution in [0.3, 0.4) is 0 Å². The van der Waals surface area contributed by atoms with Crippen molar-refractivity contribution >= 4 is 11.8 Å². The smallest absolute Gasteiger partial charge is 0.414 e. The van der Waals surface area contributed by atoms with Crippen molar-refractivity contribution in [3.8, 4) is 0 Å². The number of carbonyl (C=O) groups is 1. The Kier molecular flexibility index (Phi) is 5.73. The van der Waals surface area contributed by atoms with Crippen molar-refractivity contribution in [3.63, 3.8) is 0 Å². The van der Waals surface area contributed by atoms with Crippen molar-refractivity contribution in [2.24, 2.45) is 5.92 Å². The molecule has 3 aliphatic rings. The number of carbonyl (C=O) groups excluding carboxylic acids is 1. The van der Waals surface area contributed by atoms with Crippen LogP contribution in [0.15, 0.2) is 60.7 Å². The lowest BCUT2D eigenvalue weighted by Crippen LogP contribution is -2.59. The lowest BCUT2D eigenvalue weighted by atomic mass is 9.83. The van der Waals surface area contributed by atoms with E-state index in [1.165, 1.54) is 18.4 Å². The molecule has 0 spiro atoms. The largest absolute Gasteiger partial charge is 0.449 e. The fourth-order valence-corrected chi connectivity index (χ4v) is 4.40.